The SMILES string of the molecule is COCC(N)C(=O)N1CCCC1CN(C)C. The minimum atomic E-state index is -0.521. The van der Waals surface area contributed by atoms with Crippen LogP contribution in [0.3, 0.4) is 0 Å². The maximum atomic E-state index is 12.0. The van der Waals surface area contributed by atoms with E-state index in [2.05, 4.69) is 4.90 Å². The Bertz CT molecular complexity index is 233. The lowest BCUT2D eigenvalue weighted by Crippen LogP contribution is -2.50. The van der Waals surface area contributed by atoms with Crippen molar-refractivity contribution in [1.29, 1.82) is 0 Å². The summed E-state index contributed by atoms with van der Waals surface area (Å²) >= 11 is 0. The van der Waals surface area contributed by atoms with Crippen LogP contribution in [0.2, 0.25) is 0 Å². The van der Waals surface area contributed by atoms with Crippen LogP contribution in [-0.4, -0.2) is 68.7 Å². The number of carbonyl (C=O) groups excluding carboxylic acids is 1. The number of amides is 1. The normalized spacial score (nSPS) is 22.8. The largest absolute Gasteiger partial charge is 0.383 e. The quantitative estimate of drug-likeness (QED) is 0.691. The van der Waals surface area contributed by atoms with Crippen molar-refractivity contribution in [2.24, 2.45) is 5.73 Å². The van der Waals surface area contributed by atoms with Crippen LogP contribution in [0.15, 0.2) is 0 Å². The van der Waals surface area contributed by atoms with Gasteiger partial charge in [0.2, 0.25) is 5.91 Å². The Balaban J connectivity index is 2.53. The highest BCUT2D eigenvalue weighted by Crippen LogP contribution is 2.18. The first-order valence-electron chi connectivity index (χ1n) is 5.76. The highest BCUT2D eigenvalue weighted by molar-refractivity contribution is 5.82. The molecule has 2 N–H and O–H groups in total. The Morgan fingerprint density at radius 1 is 1.62 bits per heavy atom. The zero-order chi connectivity index (χ0) is 12.1. The molecule has 1 saturated heterocycles. The summed E-state index contributed by atoms with van der Waals surface area (Å²) in [5.41, 5.74) is 5.77. The molecule has 1 rings (SSSR count). The standard InChI is InChI=1S/C11H23N3O2/c1-13(2)7-9-5-4-6-14(9)11(15)10(12)8-16-3/h9-10H,4-8,12H2,1-3H3. The second-order valence-corrected chi connectivity index (χ2v) is 4.65. The average molecular weight is 229 g/mol. The van der Waals surface area contributed by atoms with Crippen LogP contribution < -0.4 is 5.73 Å². The molecule has 0 aromatic carbocycles. The van der Waals surface area contributed by atoms with E-state index in [0.717, 1.165) is 25.9 Å². The first-order chi connectivity index (χ1) is 7.56. The fraction of sp³-hybridized carbons (Fsp3) is 0.909. The molecule has 0 aliphatic carbocycles. The highest BCUT2D eigenvalue weighted by atomic mass is 16.5. The van der Waals surface area contributed by atoms with Crippen molar-refractivity contribution in [1.82, 2.24) is 9.80 Å². The zero-order valence-electron chi connectivity index (χ0n) is 10.5. The molecule has 1 fully saturated rings. The predicted molar refractivity (Wildman–Crippen MR) is 63.1 cm³/mol. The van der Waals surface area contributed by atoms with Gasteiger partial charge in [-0.25, -0.2) is 0 Å². The molecule has 0 spiro atoms. The minimum Gasteiger partial charge on any atom is -0.383 e. The van der Waals surface area contributed by atoms with Crippen molar-refractivity contribution in [2.75, 3.05) is 40.9 Å². The van der Waals surface area contributed by atoms with Gasteiger partial charge in [0.25, 0.3) is 0 Å². The van der Waals surface area contributed by atoms with E-state index < -0.39 is 6.04 Å². The van der Waals surface area contributed by atoms with Crippen molar-refractivity contribution in [2.45, 2.75) is 24.9 Å². The van der Waals surface area contributed by atoms with E-state index in [-0.39, 0.29) is 5.91 Å². The number of methoxy groups -OCH3 is 1. The van der Waals surface area contributed by atoms with Gasteiger partial charge >= 0.3 is 0 Å². The Morgan fingerprint density at radius 2 is 2.31 bits per heavy atom. The molecule has 0 aromatic rings. The van der Waals surface area contributed by atoms with E-state index in [4.69, 9.17) is 10.5 Å². The number of ether oxygens (including phenoxy) is 1. The monoisotopic (exact) mass is 229 g/mol. The number of nitrogens with zero attached hydrogens (tertiary/aromatic N) is 2. The number of rotatable bonds is 5. The van der Waals surface area contributed by atoms with E-state index in [0.29, 0.717) is 12.6 Å². The molecule has 0 bridgehead atoms. The fourth-order valence-electron chi connectivity index (χ4n) is 2.20. The van der Waals surface area contributed by atoms with Gasteiger partial charge in [0.05, 0.1) is 6.61 Å². The summed E-state index contributed by atoms with van der Waals surface area (Å²) in [6, 6.07) is -0.210. The molecule has 0 saturated carbocycles. The summed E-state index contributed by atoms with van der Waals surface area (Å²) in [5, 5.41) is 0. The molecule has 5 nitrogen and oxygen atoms in total. The van der Waals surface area contributed by atoms with Gasteiger partial charge in [0, 0.05) is 26.2 Å². The molecule has 1 amide bonds. The topological polar surface area (TPSA) is 58.8 Å². The van der Waals surface area contributed by atoms with Crippen LogP contribution in [0.1, 0.15) is 12.8 Å². The number of hydrogen-bond donors (Lipinski definition) is 1. The molecular weight excluding hydrogens is 206 g/mol. The van der Waals surface area contributed by atoms with Gasteiger partial charge in [0.1, 0.15) is 6.04 Å². The van der Waals surface area contributed by atoms with Gasteiger partial charge < -0.3 is 20.3 Å². The first-order valence-corrected chi connectivity index (χ1v) is 5.76. The lowest BCUT2D eigenvalue weighted by atomic mass is 10.2. The zero-order valence-corrected chi connectivity index (χ0v) is 10.5. The van der Waals surface area contributed by atoms with Gasteiger partial charge in [-0.2, -0.15) is 0 Å². The third-order valence-electron chi connectivity index (χ3n) is 2.90. The molecule has 0 aromatic heterocycles. The van der Waals surface area contributed by atoms with Gasteiger partial charge in [-0.15, -0.1) is 0 Å². The summed E-state index contributed by atoms with van der Waals surface area (Å²) in [7, 11) is 5.61. The van der Waals surface area contributed by atoms with E-state index >= 15 is 0 Å². The summed E-state index contributed by atoms with van der Waals surface area (Å²) < 4.78 is 4.92. The number of nitrogens with two attached hydrogens (primary N) is 1. The Morgan fingerprint density at radius 3 is 2.88 bits per heavy atom. The first kappa shape index (κ1) is 13.4. The lowest BCUT2D eigenvalue weighted by molar-refractivity contribution is -0.134. The molecule has 2 atom stereocenters. The van der Waals surface area contributed by atoms with Crippen LogP contribution in [0.4, 0.5) is 0 Å². The summed E-state index contributed by atoms with van der Waals surface area (Å²) in [4.78, 5) is 16.0. The predicted octanol–water partition coefficient (Wildman–Crippen LogP) is -0.487. The Hall–Kier alpha value is -0.650. The second-order valence-electron chi connectivity index (χ2n) is 4.65. The average Bonchev–Trinajstić information content (AvgIpc) is 2.64. The van der Waals surface area contributed by atoms with Crippen molar-refractivity contribution < 1.29 is 9.53 Å². The van der Waals surface area contributed by atoms with Crippen molar-refractivity contribution in [3.8, 4) is 0 Å². The van der Waals surface area contributed by atoms with Crippen LogP contribution >= 0.6 is 0 Å². The highest BCUT2D eigenvalue weighted by Gasteiger charge is 2.31. The number of likely N-dealkylation sites (N-methyl/N-ethyl adjacent to an activating group) is 1. The molecule has 5 heteroatoms. The van der Waals surface area contributed by atoms with Gasteiger partial charge in [0.15, 0.2) is 0 Å². The van der Waals surface area contributed by atoms with Crippen molar-refractivity contribution >= 4 is 5.91 Å². The molecule has 2 unspecified atom stereocenters. The molecule has 1 aliphatic rings. The fourth-order valence-corrected chi connectivity index (χ4v) is 2.20. The summed E-state index contributed by atoms with van der Waals surface area (Å²) in [6.45, 7) is 2.03. The molecule has 94 valence electrons. The summed E-state index contributed by atoms with van der Waals surface area (Å²) in [6.07, 6.45) is 2.15. The lowest BCUT2D eigenvalue weighted by Gasteiger charge is -2.29. The van der Waals surface area contributed by atoms with Crippen molar-refractivity contribution in [3.63, 3.8) is 0 Å². The van der Waals surface area contributed by atoms with Crippen molar-refractivity contribution in [3.05, 3.63) is 0 Å². The van der Waals surface area contributed by atoms with E-state index in [9.17, 15) is 4.79 Å². The third kappa shape index (κ3) is 3.43. The van der Waals surface area contributed by atoms with E-state index in [1.807, 2.05) is 19.0 Å². The van der Waals surface area contributed by atoms with Crippen LogP contribution in [-0.2, 0) is 9.53 Å². The molecule has 16 heavy (non-hydrogen) atoms. The smallest absolute Gasteiger partial charge is 0.242 e. The van der Waals surface area contributed by atoms with Crippen LogP contribution in [0.25, 0.3) is 0 Å². The maximum absolute atomic E-state index is 12.0. The Labute approximate surface area is 97.5 Å². The van der Waals surface area contributed by atoms with E-state index in [1.165, 1.54) is 0 Å². The van der Waals surface area contributed by atoms with E-state index in [1.54, 1.807) is 7.11 Å². The third-order valence-corrected chi connectivity index (χ3v) is 2.90. The number of likely N-dealkylation sites (tertiary alicyclic amines) is 1. The second kappa shape index (κ2) is 6.18. The summed E-state index contributed by atoms with van der Waals surface area (Å²) in [5.74, 6) is 0.0196. The number of hydrogen-bond acceptors (Lipinski definition) is 4. The van der Waals surface area contributed by atoms with Crippen LogP contribution in [0, 0.1) is 0 Å². The maximum Gasteiger partial charge on any atom is 0.242 e. The molecular formula is C11H23N3O2. The minimum absolute atomic E-state index is 0.0196. The molecule has 1 heterocycles. The Kier molecular flexibility index (Phi) is 5.18. The molecule has 1 aliphatic heterocycles. The molecule has 0 radical (unpaired) electrons. The number of carbonyl (C=O) groups is 1. The van der Waals surface area contributed by atoms with Crippen LogP contribution in [0.5, 0.6) is 0 Å². The van der Waals surface area contributed by atoms with Gasteiger partial charge in [-0.1, -0.05) is 0 Å². The van der Waals surface area contributed by atoms with Gasteiger partial charge in [-0.05, 0) is 26.9 Å². The van der Waals surface area contributed by atoms with Gasteiger partial charge in [-0.3, -0.25) is 4.79 Å².